The van der Waals surface area contributed by atoms with E-state index < -0.39 is 5.97 Å². The molecule has 1 fully saturated rings. The van der Waals surface area contributed by atoms with Crippen LogP contribution in [0.1, 0.15) is 21.5 Å². The standard InChI is InChI=1S/C20H22Cl2N2O2/c21-18-6-3-15(13-19(18)22)7-8-23-9-11-24(12-10-23)14-16-1-4-17(5-2-16)20(25)26/h1-6,13H,7-12,14H2,(H,25,26). The Hall–Kier alpha value is -1.59. The number of hydrogen-bond acceptors (Lipinski definition) is 3. The first-order valence-corrected chi connectivity index (χ1v) is 9.48. The fourth-order valence-electron chi connectivity index (χ4n) is 3.16. The lowest BCUT2D eigenvalue weighted by atomic mass is 10.1. The van der Waals surface area contributed by atoms with E-state index in [1.165, 1.54) is 5.56 Å². The first-order valence-electron chi connectivity index (χ1n) is 8.72. The Balaban J connectivity index is 1.43. The summed E-state index contributed by atoms with van der Waals surface area (Å²) in [4.78, 5) is 15.8. The van der Waals surface area contributed by atoms with Crippen LogP contribution in [0.2, 0.25) is 10.0 Å². The van der Waals surface area contributed by atoms with Gasteiger partial charge in [-0.15, -0.1) is 0 Å². The molecule has 26 heavy (non-hydrogen) atoms. The Morgan fingerprint density at radius 2 is 1.50 bits per heavy atom. The molecule has 1 aliphatic rings. The summed E-state index contributed by atoms with van der Waals surface area (Å²) >= 11 is 12.0. The molecule has 0 aliphatic carbocycles. The monoisotopic (exact) mass is 392 g/mol. The minimum Gasteiger partial charge on any atom is -0.478 e. The molecule has 0 unspecified atom stereocenters. The Labute approximate surface area is 163 Å². The van der Waals surface area contributed by atoms with Gasteiger partial charge in [0.15, 0.2) is 0 Å². The Morgan fingerprint density at radius 3 is 2.12 bits per heavy atom. The maximum atomic E-state index is 10.9. The predicted molar refractivity (Wildman–Crippen MR) is 105 cm³/mol. The van der Waals surface area contributed by atoms with Gasteiger partial charge in [0.2, 0.25) is 0 Å². The van der Waals surface area contributed by atoms with Crippen LogP contribution in [0.4, 0.5) is 0 Å². The molecule has 0 atom stereocenters. The van der Waals surface area contributed by atoms with E-state index in [-0.39, 0.29) is 0 Å². The molecule has 0 radical (unpaired) electrons. The molecule has 6 heteroatoms. The lowest BCUT2D eigenvalue weighted by molar-refractivity contribution is 0.0697. The van der Waals surface area contributed by atoms with Gasteiger partial charge in [0, 0.05) is 39.3 Å². The number of hydrogen-bond donors (Lipinski definition) is 1. The molecule has 0 spiro atoms. The number of halogens is 2. The van der Waals surface area contributed by atoms with E-state index in [2.05, 4.69) is 9.80 Å². The lowest BCUT2D eigenvalue weighted by Gasteiger charge is -2.34. The highest BCUT2D eigenvalue weighted by atomic mass is 35.5. The van der Waals surface area contributed by atoms with Crippen LogP contribution in [0, 0.1) is 0 Å². The molecular weight excluding hydrogens is 371 g/mol. The molecule has 1 aliphatic heterocycles. The van der Waals surface area contributed by atoms with Crippen LogP contribution in [0.5, 0.6) is 0 Å². The Kier molecular flexibility index (Phi) is 6.54. The highest BCUT2D eigenvalue weighted by Crippen LogP contribution is 2.23. The van der Waals surface area contributed by atoms with Crippen molar-refractivity contribution in [2.24, 2.45) is 0 Å². The van der Waals surface area contributed by atoms with Crippen molar-refractivity contribution in [2.45, 2.75) is 13.0 Å². The maximum Gasteiger partial charge on any atom is 0.335 e. The number of benzene rings is 2. The summed E-state index contributed by atoms with van der Waals surface area (Å²) in [6.07, 6.45) is 0.966. The predicted octanol–water partition coefficient (Wildman–Crippen LogP) is 4.05. The van der Waals surface area contributed by atoms with Crippen LogP contribution in [-0.2, 0) is 13.0 Å². The summed E-state index contributed by atoms with van der Waals surface area (Å²) in [7, 11) is 0. The summed E-state index contributed by atoms with van der Waals surface area (Å²) in [5, 5.41) is 10.2. The molecule has 138 valence electrons. The van der Waals surface area contributed by atoms with Crippen LogP contribution < -0.4 is 0 Å². The summed E-state index contributed by atoms with van der Waals surface area (Å²) in [6.45, 7) is 5.98. The van der Waals surface area contributed by atoms with Gasteiger partial charge in [-0.2, -0.15) is 0 Å². The van der Waals surface area contributed by atoms with Crippen molar-refractivity contribution in [1.82, 2.24) is 9.80 Å². The average molecular weight is 393 g/mol. The zero-order chi connectivity index (χ0) is 18.5. The SMILES string of the molecule is O=C(O)c1ccc(CN2CCN(CCc3ccc(Cl)c(Cl)c3)CC2)cc1. The van der Waals surface area contributed by atoms with Gasteiger partial charge in [0.1, 0.15) is 0 Å². The van der Waals surface area contributed by atoms with Crippen molar-refractivity contribution in [3.8, 4) is 0 Å². The van der Waals surface area contributed by atoms with E-state index in [0.29, 0.717) is 15.6 Å². The van der Waals surface area contributed by atoms with Gasteiger partial charge in [-0.25, -0.2) is 4.79 Å². The van der Waals surface area contributed by atoms with E-state index in [9.17, 15) is 4.79 Å². The summed E-state index contributed by atoms with van der Waals surface area (Å²) in [5.41, 5.74) is 2.69. The molecule has 4 nitrogen and oxygen atoms in total. The maximum absolute atomic E-state index is 10.9. The smallest absolute Gasteiger partial charge is 0.335 e. The molecule has 2 aromatic carbocycles. The quantitative estimate of drug-likeness (QED) is 0.804. The number of nitrogens with zero attached hydrogens (tertiary/aromatic N) is 2. The van der Waals surface area contributed by atoms with Crippen LogP contribution >= 0.6 is 23.2 Å². The van der Waals surface area contributed by atoms with E-state index in [0.717, 1.165) is 51.3 Å². The first kappa shape index (κ1) is 19.2. The van der Waals surface area contributed by atoms with Crippen molar-refractivity contribution in [1.29, 1.82) is 0 Å². The molecule has 0 aromatic heterocycles. The van der Waals surface area contributed by atoms with Gasteiger partial charge < -0.3 is 10.0 Å². The van der Waals surface area contributed by atoms with Crippen molar-refractivity contribution in [3.05, 3.63) is 69.2 Å². The third-order valence-electron chi connectivity index (χ3n) is 4.77. The van der Waals surface area contributed by atoms with Gasteiger partial charge in [-0.3, -0.25) is 4.90 Å². The summed E-state index contributed by atoms with van der Waals surface area (Å²) in [5.74, 6) is -0.882. The number of rotatable bonds is 6. The molecule has 1 N–H and O–H groups in total. The Bertz CT molecular complexity index is 757. The largest absolute Gasteiger partial charge is 0.478 e. The van der Waals surface area contributed by atoms with Gasteiger partial charge in [0.25, 0.3) is 0 Å². The van der Waals surface area contributed by atoms with Gasteiger partial charge >= 0.3 is 5.97 Å². The van der Waals surface area contributed by atoms with E-state index in [1.54, 1.807) is 12.1 Å². The second-order valence-electron chi connectivity index (χ2n) is 6.62. The van der Waals surface area contributed by atoms with Crippen LogP contribution in [-0.4, -0.2) is 53.6 Å². The minimum absolute atomic E-state index is 0.334. The highest BCUT2D eigenvalue weighted by molar-refractivity contribution is 6.42. The van der Waals surface area contributed by atoms with Crippen molar-refractivity contribution < 1.29 is 9.90 Å². The zero-order valence-corrected chi connectivity index (χ0v) is 16.0. The summed E-state index contributed by atoms with van der Waals surface area (Å²) < 4.78 is 0. The fourth-order valence-corrected chi connectivity index (χ4v) is 3.48. The summed E-state index contributed by atoms with van der Waals surface area (Å²) in [6, 6.07) is 13.0. The number of carbonyl (C=O) groups is 1. The third-order valence-corrected chi connectivity index (χ3v) is 5.51. The number of carboxylic acids is 1. The average Bonchev–Trinajstić information content (AvgIpc) is 2.64. The molecule has 2 aromatic rings. The highest BCUT2D eigenvalue weighted by Gasteiger charge is 2.17. The third kappa shape index (κ3) is 5.21. The molecule has 1 heterocycles. The number of carboxylic acid groups (broad SMARTS) is 1. The fraction of sp³-hybridized carbons (Fsp3) is 0.350. The van der Waals surface area contributed by atoms with E-state index in [1.807, 2.05) is 30.3 Å². The topological polar surface area (TPSA) is 43.8 Å². The lowest BCUT2D eigenvalue weighted by Crippen LogP contribution is -2.46. The molecule has 0 saturated carbocycles. The number of piperazine rings is 1. The van der Waals surface area contributed by atoms with Gasteiger partial charge in [0.05, 0.1) is 15.6 Å². The molecule has 0 amide bonds. The number of aromatic carboxylic acids is 1. The van der Waals surface area contributed by atoms with Gasteiger partial charge in [-0.1, -0.05) is 41.4 Å². The molecular formula is C20H22Cl2N2O2. The molecule has 3 rings (SSSR count). The van der Waals surface area contributed by atoms with Crippen LogP contribution in [0.3, 0.4) is 0 Å². The van der Waals surface area contributed by atoms with Gasteiger partial charge in [-0.05, 0) is 41.8 Å². The first-order chi connectivity index (χ1) is 12.5. The van der Waals surface area contributed by atoms with Crippen molar-refractivity contribution in [2.75, 3.05) is 32.7 Å². The normalized spacial score (nSPS) is 15.9. The van der Waals surface area contributed by atoms with Crippen molar-refractivity contribution in [3.63, 3.8) is 0 Å². The van der Waals surface area contributed by atoms with E-state index >= 15 is 0 Å². The second kappa shape index (κ2) is 8.87. The minimum atomic E-state index is -0.882. The zero-order valence-electron chi connectivity index (χ0n) is 14.5. The van der Waals surface area contributed by atoms with Crippen molar-refractivity contribution >= 4 is 29.2 Å². The Morgan fingerprint density at radius 1 is 0.885 bits per heavy atom. The van der Waals surface area contributed by atoms with Crippen LogP contribution in [0.25, 0.3) is 0 Å². The van der Waals surface area contributed by atoms with Crippen LogP contribution in [0.15, 0.2) is 42.5 Å². The molecule has 1 saturated heterocycles. The molecule has 0 bridgehead atoms. The second-order valence-corrected chi connectivity index (χ2v) is 7.43. The van der Waals surface area contributed by atoms with E-state index in [4.69, 9.17) is 28.3 Å².